The number of anilines is 3. The number of nitrogens with one attached hydrogen (secondary N) is 2. The monoisotopic (exact) mass is 517 g/mol. The van der Waals surface area contributed by atoms with Crippen molar-refractivity contribution in [2.75, 3.05) is 21.5 Å². The first-order valence-corrected chi connectivity index (χ1v) is 13.4. The molecule has 36 heavy (non-hydrogen) atoms. The van der Waals surface area contributed by atoms with Crippen LogP contribution in [-0.4, -0.2) is 20.9 Å². The lowest BCUT2D eigenvalue weighted by molar-refractivity contribution is 0.102. The molecule has 4 aromatic carbocycles. The Morgan fingerprint density at radius 1 is 0.861 bits per heavy atom. The number of carbonyl (C=O) groups excluding carboxylic acids is 1. The average Bonchev–Trinajstić information content (AvgIpc) is 3.27. The number of rotatable bonds is 7. The number of nitrogens with zero attached hydrogens (tertiary/aromatic N) is 1. The van der Waals surface area contributed by atoms with Crippen molar-refractivity contribution in [3.63, 3.8) is 0 Å². The van der Waals surface area contributed by atoms with Crippen LogP contribution in [0.5, 0.6) is 0 Å². The Hall–Kier alpha value is -3.81. The maximum atomic E-state index is 12.7. The van der Waals surface area contributed by atoms with Gasteiger partial charge in [-0.3, -0.25) is 9.52 Å². The van der Waals surface area contributed by atoms with Gasteiger partial charge in [0, 0.05) is 35.1 Å². The normalized spacial score (nSPS) is 12.8. The summed E-state index contributed by atoms with van der Waals surface area (Å²) in [4.78, 5) is 15.1. The van der Waals surface area contributed by atoms with E-state index < -0.39 is 10.0 Å². The number of para-hydroxylation sites is 1. The molecule has 0 aliphatic carbocycles. The Kier molecular flexibility index (Phi) is 6.67. The summed E-state index contributed by atoms with van der Waals surface area (Å²) in [5.74, 6) is -0.263. The number of benzene rings is 4. The molecular formula is C28H24ClN3O3S. The molecular weight excluding hydrogens is 494 g/mol. The van der Waals surface area contributed by atoms with Crippen LogP contribution in [0, 0.1) is 0 Å². The summed E-state index contributed by atoms with van der Waals surface area (Å²) in [6.45, 7) is 1.78. The summed E-state index contributed by atoms with van der Waals surface area (Å²) in [5, 5.41) is 3.25. The Balaban J connectivity index is 1.21. The molecule has 1 aliphatic heterocycles. The van der Waals surface area contributed by atoms with Gasteiger partial charge in [-0.25, -0.2) is 8.42 Å². The molecule has 1 amide bonds. The minimum Gasteiger partial charge on any atom is -0.367 e. The van der Waals surface area contributed by atoms with E-state index in [0.717, 1.165) is 25.1 Å². The van der Waals surface area contributed by atoms with Gasteiger partial charge in [0.15, 0.2) is 0 Å². The molecule has 2 N–H and O–H groups in total. The quantitative estimate of drug-likeness (QED) is 0.317. The van der Waals surface area contributed by atoms with Gasteiger partial charge in [0.05, 0.1) is 10.6 Å². The summed E-state index contributed by atoms with van der Waals surface area (Å²) < 4.78 is 27.8. The lowest BCUT2D eigenvalue weighted by Crippen LogP contribution is -2.19. The third kappa shape index (κ3) is 5.37. The van der Waals surface area contributed by atoms with Gasteiger partial charge in [0.2, 0.25) is 0 Å². The molecule has 5 rings (SSSR count). The van der Waals surface area contributed by atoms with Crippen LogP contribution in [0.4, 0.5) is 17.1 Å². The van der Waals surface area contributed by atoms with Crippen molar-refractivity contribution in [3.05, 3.63) is 119 Å². The highest BCUT2D eigenvalue weighted by molar-refractivity contribution is 7.92. The number of hydrogen-bond donors (Lipinski definition) is 2. The van der Waals surface area contributed by atoms with Crippen molar-refractivity contribution in [3.8, 4) is 0 Å². The number of carbonyl (C=O) groups is 1. The molecule has 1 heterocycles. The van der Waals surface area contributed by atoms with Crippen molar-refractivity contribution in [1.82, 2.24) is 0 Å². The molecule has 0 radical (unpaired) electrons. The average molecular weight is 518 g/mol. The van der Waals surface area contributed by atoms with Gasteiger partial charge >= 0.3 is 0 Å². The zero-order valence-electron chi connectivity index (χ0n) is 19.3. The maximum Gasteiger partial charge on any atom is 0.261 e. The standard InChI is InChI=1S/C28H24ClN3O3S/c29-23-5-3-6-25(18-23)31-36(34,35)26-14-12-24(13-15-26)30-28(33)22-10-8-20(9-11-22)19-32-17-16-21-4-1-2-7-27(21)32/h1-15,18,31H,16-17,19H2,(H,30,33). The van der Waals surface area contributed by atoms with Crippen LogP contribution in [0.3, 0.4) is 0 Å². The fourth-order valence-corrected chi connectivity index (χ4v) is 5.48. The van der Waals surface area contributed by atoms with Crippen LogP contribution in [-0.2, 0) is 23.0 Å². The van der Waals surface area contributed by atoms with Gasteiger partial charge in [0.1, 0.15) is 0 Å². The van der Waals surface area contributed by atoms with Gasteiger partial charge in [-0.15, -0.1) is 0 Å². The first-order chi connectivity index (χ1) is 17.4. The highest BCUT2D eigenvalue weighted by atomic mass is 35.5. The van der Waals surface area contributed by atoms with Crippen molar-refractivity contribution < 1.29 is 13.2 Å². The number of amides is 1. The maximum absolute atomic E-state index is 12.7. The molecule has 8 heteroatoms. The molecule has 0 saturated carbocycles. The topological polar surface area (TPSA) is 78.5 Å². The zero-order valence-corrected chi connectivity index (χ0v) is 20.9. The van der Waals surface area contributed by atoms with E-state index in [9.17, 15) is 13.2 Å². The molecule has 0 atom stereocenters. The van der Waals surface area contributed by atoms with Gasteiger partial charge in [-0.1, -0.05) is 48.0 Å². The van der Waals surface area contributed by atoms with E-state index in [1.807, 2.05) is 12.1 Å². The minimum absolute atomic E-state index is 0.0771. The number of sulfonamides is 1. The Morgan fingerprint density at radius 2 is 1.61 bits per heavy atom. The van der Waals surface area contributed by atoms with E-state index in [-0.39, 0.29) is 10.8 Å². The fraction of sp³-hybridized carbons (Fsp3) is 0.107. The largest absolute Gasteiger partial charge is 0.367 e. The highest BCUT2D eigenvalue weighted by Gasteiger charge is 2.18. The molecule has 0 fully saturated rings. The van der Waals surface area contributed by atoms with Crippen LogP contribution >= 0.6 is 11.6 Å². The van der Waals surface area contributed by atoms with Crippen molar-refractivity contribution in [2.45, 2.75) is 17.9 Å². The predicted molar refractivity (Wildman–Crippen MR) is 144 cm³/mol. The molecule has 1 aliphatic rings. The summed E-state index contributed by atoms with van der Waals surface area (Å²) in [6, 6.07) is 28.5. The van der Waals surface area contributed by atoms with Crippen LogP contribution < -0.4 is 14.9 Å². The summed E-state index contributed by atoms with van der Waals surface area (Å²) in [6.07, 6.45) is 1.05. The summed E-state index contributed by atoms with van der Waals surface area (Å²) >= 11 is 5.93. The Bertz CT molecular complexity index is 1500. The van der Waals surface area contributed by atoms with Gasteiger partial charge in [-0.2, -0.15) is 0 Å². The molecule has 0 aromatic heterocycles. The first kappa shape index (κ1) is 23.9. The van der Waals surface area contributed by atoms with Gasteiger partial charge < -0.3 is 10.2 Å². The van der Waals surface area contributed by atoms with Crippen LogP contribution in [0.2, 0.25) is 5.02 Å². The van der Waals surface area contributed by atoms with E-state index in [1.54, 1.807) is 42.5 Å². The van der Waals surface area contributed by atoms with E-state index in [4.69, 9.17) is 11.6 Å². The Labute approximate surface area is 215 Å². The van der Waals surface area contributed by atoms with E-state index in [0.29, 0.717) is 22.0 Å². The molecule has 6 nitrogen and oxygen atoms in total. The number of hydrogen-bond acceptors (Lipinski definition) is 4. The molecule has 0 unspecified atom stereocenters. The SMILES string of the molecule is O=C(Nc1ccc(S(=O)(=O)Nc2cccc(Cl)c2)cc1)c1ccc(CN2CCc3ccccc32)cc1. The molecule has 0 saturated heterocycles. The highest BCUT2D eigenvalue weighted by Crippen LogP contribution is 2.29. The zero-order chi connectivity index (χ0) is 25.1. The number of fused-ring (bicyclic) bond motifs is 1. The van der Waals surface area contributed by atoms with Crippen LogP contribution in [0.25, 0.3) is 0 Å². The first-order valence-electron chi connectivity index (χ1n) is 11.5. The third-order valence-electron chi connectivity index (χ3n) is 6.07. The lowest BCUT2D eigenvalue weighted by Gasteiger charge is -2.19. The lowest BCUT2D eigenvalue weighted by atomic mass is 10.1. The second-order valence-electron chi connectivity index (χ2n) is 8.59. The van der Waals surface area contributed by atoms with E-state index in [1.165, 1.54) is 29.4 Å². The van der Waals surface area contributed by atoms with Crippen LogP contribution in [0.1, 0.15) is 21.5 Å². The molecule has 0 spiro atoms. The predicted octanol–water partition coefficient (Wildman–Crippen LogP) is 5.96. The fourth-order valence-electron chi connectivity index (χ4n) is 4.24. The van der Waals surface area contributed by atoms with Crippen molar-refractivity contribution >= 4 is 44.6 Å². The molecule has 4 aromatic rings. The number of halogens is 1. The van der Waals surface area contributed by atoms with Crippen molar-refractivity contribution in [1.29, 1.82) is 0 Å². The van der Waals surface area contributed by atoms with E-state index >= 15 is 0 Å². The van der Waals surface area contributed by atoms with Gasteiger partial charge in [-0.05, 0) is 78.2 Å². The second-order valence-corrected chi connectivity index (χ2v) is 10.7. The third-order valence-corrected chi connectivity index (χ3v) is 7.70. The molecule has 0 bridgehead atoms. The summed E-state index contributed by atoms with van der Waals surface area (Å²) in [7, 11) is -3.79. The van der Waals surface area contributed by atoms with Crippen molar-refractivity contribution in [2.24, 2.45) is 0 Å². The summed E-state index contributed by atoms with van der Waals surface area (Å²) in [5.41, 5.74) is 5.17. The smallest absolute Gasteiger partial charge is 0.261 e. The minimum atomic E-state index is -3.79. The van der Waals surface area contributed by atoms with Crippen LogP contribution in [0.15, 0.2) is 102 Å². The Morgan fingerprint density at radius 3 is 2.36 bits per heavy atom. The van der Waals surface area contributed by atoms with Gasteiger partial charge in [0.25, 0.3) is 15.9 Å². The second kappa shape index (κ2) is 10.0. The van der Waals surface area contributed by atoms with E-state index in [2.05, 4.69) is 39.2 Å². The molecule has 182 valence electrons.